The maximum Gasteiger partial charge on any atom is 0.305 e. The maximum absolute atomic E-state index is 11.2. The lowest BCUT2D eigenvalue weighted by Crippen LogP contribution is -2.36. The summed E-state index contributed by atoms with van der Waals surface area (Å²) in [6.45, 7) is 10.4. The molecule has 0 atom stereocenters. The molecule has 0 amide bonds. The minimum atomic E-state index is -0.0550. The van der Waals surface area contributed by atoms with E-state index in [4.69, 9.17) is 4.74 Å². The number of carbonyl (C=O) groups is 1. The van der Waals surface area contributed by atoms with Gasteiger partial charge >= 0.3 is 5.97 Å². The van der Waals surface area contributed by atoms with E-state index < -0.39 is 0 Å². The third-order valence-corrected chi connectivity index (χ3v) is 4.45. The molecule has 1 aliphatic rings. The number of hydrogen-bond acceptors (Lipinski definition) is 3. The zero-order valence-corrected chi connectivity index (χ0v) is 12.5. The molecule has 0 N–H and O–H groups in total. The lowest BCUT2D eigenvalue weighted by molar-refractivity contribution is -0.142. The Labute approximate surface area is 112 Å². The molecular formula is C15H29NO2. The van der Waals surface area contributed by atoms with Crippen LogP contribution in [0.5, 0.6) is 0 Å². The van der Waals surface area contributed by atoms with Gasteiger partial charge in [0.15, 0.2) is 0 Å². The summed E-state index contributed by atoms with van der Waals surface area (Å²) in [4.78, 5) is 13.8. The zero-order valence-electron chi connectivity index (χ0n) is 12.5. The van der Waals surface area contributed by atoms with Crippen molar-refractivity contribution >= 4 is 5.97 Å². The van der Waals surface area contributed by atoms with Crippen LogP contribution in [0.1, 0.15) is 52.9 Å². The molecule has 0 unspecified atom stereocenters. The summed E-state index contributed by atoms with van der Waals surface area (Å²) in [6, 6.07) is 0. The van der Waals surface area contributed by atoms with E-state index in [9.17, 15) is 4.79 Å². The second-order valence-electron chi connectivity index (χ2n) is 6.33. The molecule has 0 aromatic rings. The van der Waals surface area contributed by atoms with Crippen molar-refractivity contribution in [3.8, 4) is 0 Å². The fourth-order valence-electron chi connectivity index (χ4n) is 2.37. The van der Waals surface area contributed by atoms with E-state index in [2.05, 4.69) is 25.7 Å². The Bertz CT molecular complexity index is 255. The highest BCUT2D eigenvalue weighted by molar-refractivity contribution is 5.69. The first kappa shape index (κ1) is 15.5. The summed E-state index contributed by atoms with van der Waals surface area (Å²) < 4.78 is 4.73. The third kappa shape index (κ3) is 5.38. The van der Waals surface area contributed by atoms with E-state index in [1.165, 1.54) is 26.5 Å². The van der Waals surface area contributed by atoms with Gasteiger partial charge in [-0.2, -0.15) is 0 Å². The van der Waals surface area contributed by atoms with E-state index in [0.29, 0.717) is 17.8 Å². The van der Waals surface area contributed by atoms with Crippen molar-refractivity contribution in [2.75, 3.05) is 26.7 Å². The van der Waals surface area contributed by atoms with Gasteiger partial charge in [-0.25, -0.2) is 0 Å². The van der Waals surface area contributed by atoms with Crippen LogP contribution in [0.15, 0.2) is 0 Å². The number of ether oxygens (including phenoxy) is 1. The molecule has 0 radical (unpaired) electrons. The molecule has 3 nitrogen and oxygen atoms in total. The lowest BCUT2D eigenvalue weighted by Gasteiger charge is -2.34. The van der Waals surface area contributed by atoms with Crippen LogP contribution < -0.4 is 0 Å². The largest absolute Gasteiger partial charge is 0.469 e. The minimum absolute atomic E-state index is 0.0550. The number of hydrogen-bond donors (Lipinski definition) is 0. The van der Waals surface area contributed by atoms with Crippen LogP contribution in [0, 0.1) is 11.3 Å². The van der Waals surface area contributed by atoms with Gasteiger partial charge in [0, 0.05) is 6.42 Å². The highest BCUT2D eigenvalue weighted by atomic mass is 16.5. The Morgan fingerprint density at radius 3 is 2.44 bits per heavy atom. The van der Waals surface area contributed by atoms with Crippen LogP contribution in [-0.2, 0) is 9.53 Å². The van der Waals surface area contributed by atoms with Crippen molar-refractivity contribution in [1.29, 1.82) is 0 Å². The van der Waals surface area contributed by atoms with Gasteiger partial charge in [0.25, 0.3) is 0 Å². The molecule has 18 heavy (non-hydrogen) atoms. The van der Waals surface area contributed by atoms with Crippen LogP contribution >= 0.6 is 0 Å². The van der Waals surface area contributed by atoms with E-state index in [0.717, 1.165) is 25.9 Å². The Morgan fingerprint density at radius 1 is 1.33 bits per heavy atom. The maximum atomic E-state index is 11.2. The predicted octanol–water partition coefficient (Wildman–Crippen LogP) is 3.09. The number of methoxy groups -OCH3 is 1. The van der Waals surface area contributed by atoms with Gasteiger partial charge in [-0.15, -0.1) is 0 Å². The van der Waals surface area contributed by atoms with Crippen LogP contribution in [0.3, 0.4) is 0 Å². The van der Waals surface area contributed by atoms with Crippen molar-refractivity contribution in [3.63, 3.8) is 0 Å². The second kappa shape index (κ2) is 7.13. The summed E-state index contributed by atoms with van der Waals surface area (Å²) in [5, 5.41) is 0. The molecule has 0 aliphatic carbocycles. The van der Waals surface area contributed by atoms with Crippen LogP contribution in [-0.4, -0.2) is 37.6 Å². The molecule has 1 fully saturated rings. The molecule has 0 aromatic carbocycles. The van der Waals surface area contributed by atoms with Crippen LogP contribution in [0.25, 0.3) is 0 Å². The summed E-state index contributed by atoms with van der Waals surface area (Å²) in [6.07, 6.45) is 5.39. The van der Waals surface area contributed by atoms with Crippen molar-refractivity contribution < 1.29 is 9.53 Å². The van der Waals surface area contributed by atoms with Crippen molar-refractivity contribution in [2.45, 2.75) is 52.9 Å². The molecule has 1 heterocycles. The van der Waals surface area contributed by atoms with Crippen molar-refractivity contribution in [3.05, 3.63) is 0 Å². The van der Waals surface area contributed by atoms with E-state index in [-0.39, 0.29) is 5.97 Å². The van der Waals surface area contributed by atoms with Gasteiger partial charge in [-0.1, -0.05) is 27.2 Å². The number of likely N-dealkylation sites (tertiary alicyclic amines) is 1. The quantitative estimate of drug-likeness (QED) is 0.683. The normalized spacial score (nSPS) is 18.9. The topological polar surface area (TPSA) is 29.5 Å². The van der Waals surface area contributed by atoms with Gasteiger partial charge in [0.05, 0.1) is 7.11 Å². The summed E-state index contributed by atoms with van der Waals surface area (Å²) in [7, 11) is 1.48. The monoisotopic (exact) mass is 255 g/mol. The number of carbonyl (C=O) groups excluding carboxylic acids is 1. The first-order chi connectivity index (χ1) is 8.46. The van der Waals surface area contributed by atoms with E-state index >= 15 is 0 Å². The van der Waals surface area contributed by atoms with Gasteiger partial charge in [-0.3, -0.25) is 4.79 Å². The van der Waals surface area contributed by atoms with E-state index in [1.807, 2.05) is 0 Å². The van der Waals surface area contributed by atoms with Gasteiger partial charge in [-0.05, 0) is 50.2 Å². The number of esters is 1. The summed E-state index contributed by atoms with van der Waals surface area (Å²) in [5.41, 5.74) is 0.461. The molecule has 0 spiro atoms. The highest BCUT2D eigenvalue weighted by Gasteiger charge is 2.23. The average Bonchev–Trinajstić information content (AvgIpc) is 2.38. The average molecular weight is 255 g/mol. The zero-order chi connectivity index (χ0) is 13.6. The van der Waals surface area contributed by atoms with Gasteiger partial charge in [0.1, 0.15) is 0 Å². The fraction of sp³-hybridized carbons (Fsp3) is 0.933. The number of nitrogens with zero attached hydrogens (tertiary/aromatic N) is 1. The molecule has 1 rings (SSSR count). The Morgan fingerprint density at radius 2 is 1.94 bits per heavy atom. The predicted molar refractivity (Wildman–Crippen MR) is 74.5 cm³/mol. The Kier molecular flexibility index (Phi) is 6.13. The smallest absolute Gasteiger partial charge is 0.305 e. The summed E-state index contributed by atoms with van der Waals surface area (Å²) >= 11 is 0. The van der Waals surface area contributed by atoms with Crippen LogP contribution in [0.4, 0.5) is 0 Å². The highest BCUT2D eigenvalue weighted by Crippen LogP contribution is 2.26. The van der Waals surface area contributed by atoms with Crippen molar-refractivity contribution in [2.24, 2.45) is 11.3 Å². The third-order valence-electron chi connectivity index (χ3n) is 4.45. The van der Waals surface area contributed by atoms with Gasteiger partial charge < -0.3 is 9.64 Å². The molecule has 1 aliphatic heterocycles. The molecule has 0 saturated carbocycles. The standard InChI is InChI=1S/C15H29NO2/c1-5-15(2,3)8-11-16-9-6-13(7-10-16)12-14(17)18-4/h13H,5-12H2,1-4H3. The molecule has 106 valence electrons. The number of rotatable bonds is 6. The molecule has 3 heteroatoms. The second-order valence-corrected chi connectivity index (χ2v) is 6.33. The van der Waals surface area contributed by atoms with Gasteiger partial charge in [0.2, 0.25) is 0 Å². The summed E-state index contributed by atoms with van der Waals surface area (Å²) in [5.74, 6) is 0.480. The fourth-order valence-corrected chi connectivity index (χ4v) is 2.37. The molecule has 0 aromatic heterocycles. The Balaban J connectivity index is 2.21. The molecule has 0 bridgehead atoms. The van der Waals surface area contributed by atoms with Crippen LogP contribution in [0.2, 0.25) is 0 Å². The SMILES string of the molecule is CCC(C)(C)CCN1CCC(CC(=O)OC)CC1. The van der Waals surface area contributed by atoms with E-state index in [1.54, 1.807) is 0 Å². The first-order valence-electron chi connectivity index (χ1n) is 7.26. The lowest BCUT2D eigenvalue weighted by atomic mass is 9.86. The first-order valence-corrected chi connectivity index (χ1v) is 7.26. The molecular weight excluding hydrogens is 226 g/mol. The molecule has 1 saturated heterocycles. The Hall–Kier alpha value is -0.570. The van der Waals surface area contributed by atoms with Crippen molar-refractivity contribution in [1.82, 2.24) is 4.90 Å². The number of piperidine rings is 1. The minimum Gasteiger partial charge on any atom is -0.469 e.